The summed E-state index contributed by atoms with van der Waals surface area (Å²) in [4.78, 5) is 25.2. The highest BCUT2D eigenvalue weighted by Gasteiger charge is 2.11. The van der Waals surface area contributed by atoms with E-state index in [0.717, 1.165) is 27.7 Å². The van der Waals surface area contributed by atoms with Crippen molar-refractivity contribution in [3.8, 4) is 28.3 Å². The molecule has 5 aromatic rings. The minimum Gasteiger partial charge on any atom is -0.467 e. The number of ether oxygens (including phenoxy) is 1. The molecule has 6 nitrogen and oxygen atoms in total. The molecular formula is C25H18N4O2S. The van der Waals surface area contributed by atoms with E-state index in [-0.39, 0.29) is 12.5 Å². The Balaban J connectivity index is 1.22. The van der Waals surface area contributed by atoms with Crippen LogP contribution in [0.3, 0.4) is 0 Å². The summed E-state index contributed by atoms with van der Waals surface area (Å²) < 4.78 is 5.61. The second-order valence-electron chi connectivity index (χ2n) is 7.01. The standard InChI is InChI=1S/C25H18N4O2S/c30-23(14-31-24-20-8-4-5-9-21(20)26-16-27-24)29-25-28-22(15-32-25)19-12-10-18(11-13-19)17-6-2-1-3-7-17/h1-13,15-16H,14H2,(H,28,29,30). The summed E-state index contributed by atoms with van der Waals surface area (Å²) >= 11 is 1.37. The van der Waals surface area contributed by atoms with Gasteiger partial charge in [0.2, 0.25) is 5.88 Å². The molecule has 0 saturated heterocycles. The van der Waals surface area contributed by atoms with Gasteiger partial charge < -0.3 is 4.74 Å². The Morgan fingerprint density at radius 1 is 0.844 bits per heavy atom. The fraction of sp³-hybridized carbons (Fsp3) is 0.0400. The average Bonchev–Trinajstić information content (AvgIpc) is 3.32. The maximum atomic E-state index is 12.4. The van der Waals surface area contributed by atoms with E-state index in [9.17, 15) is 4.79 Å². The zero-order chi connectivity index (χ0) is 21.8. The fourth-order valence-corrected chi connectivity index (χ4v) is 4.05. The minimum absolute atomic E-state index is 0.165. The summed E-state index contributed by atoms with van der Waals surface area (Å²) in [5, 5.41) is 5.99. The van der Waals surface area contributed by atoms with Gasteiger partial charge in [-0.05, 0) is 23.3 Å². The molecule has 0 spiro atoms. The maximum absolute atomic E-state index is 12.4. The Hall–Kier alpha value is -4.10. The topological polar surface area (TPSA) is 77.0 Å². The minimum atomic E-state index is -0.298. The van der Waals surface area contributed by atoms with Gasteiger partial charge in [-0.25, -0.2) is 15.0 Å². The van der Waals surface area contributed by atoms with E-state index in [4.69, 9.17) is 4.74 Å². The van der Waals surface area contributed by atoms with Gasteiger partial charge in [0.1, 0.15) is 6.33 Å². The number of fused-ring (bicyclic) bond motifs is 1. The Morgan fingerprint density at radius 2 is 1.56 bits per heavy atom. The van der Waals surface area contributed by atoms with E-state index in [1.807, 2.05) is 60.0 Å². The van der Waals surface area contributed by atoms with Gasteiger partial charge in [0.15, 0.2) is 11.7 Å². The van der Waals surface area contributed by atoms with Crippen LogP contribution in [-0.4, -0.2) is 27.5 Å². The number of para-hydroxylation sites is 1. The molecule has 3 aromatic carbocycles. The number of benzene rings is 3. The molecule has 0 fully saturated rings. The summed E-state index contributed by atoms with van der Waals surface area (Å²) in [6.07, 6.45) is 1.42. The van der Waals surface area contributed by atoms with Gasteiger partial charge in [-0.1, -0.05) is 66.7 Å². The Labute approximate surface area is 188 Å². The van der Waals surface area contributed by atoms with Crippen molar-refractivity contribution in [1.29, 1.82) is 0 Å². The number of hydrogen-bond acceptors (Lipinski definition) is 6. The Kier molecular flexibility index (Phi) is 5.55. The van der Waals surface area contributed by atoms with E-state index < -0.39 is 0 Å². The lowest BCUT2D eigenvalue weighted by atomic mass is 10.0. The van der Waals surface area contributed by atoms with Crippen LogP contribution in [0.15, 0.2) is 90.6 Å². The van der Waals surface area contributed by atoms with Crippen molar-refractivity contribution >= 4 is 33.3 Å². The summed E-state index contributed by atoms with van der Waals surface area (Å²) in [5.41, 5.74) is 4.88. The van der Waals surface area contributed by atoms with Crippen molar-refractivity contribution in [1.82, 2.24) is 15.0 Å². The van der Waals surface area contributed by atoms with E-state index in [0.29, 0.717) is 11.0 Å². The summed E-state index contributed by atoms with van der Waals surface area (Å²) in [5.74, 6) is 0.0807. The number of amides is 1. The van der Waals surface area contributed by atoms with Gasteiger partial charge in [-0.3, -0.25) is 10.1 Å². The number of hydrogen-bond donors (Lipinski definition) is 1. The van der Waals surface area contributed by atoms with Crippen LogP contribution in [0.25, 0.3) is 33.3 Å². The molecule has 0 atom stereocenters. The van der Waals surface area contributed by atoms with Crippen LogP contribution in [-0.2, 0) is 4.79 Å². The quantitative estimate of drug-likeness (QED) is 0.382. The molecule has 156 valence electrons. The molecule has 32 heavy (non-hydrogen) atoms. The normalized spacial score (nSPS) is 10.8. The first-order chi connectivity index (χ1) is 15.8. The van der Waals surface area contributed by atoms with Crippen molar-refractivity contribution in [3.63, 3.8) is 0 Å². The SMILES string of the molecule is O=C(COc1ncnc2ccccc12)Nc1nc(-c2ccc(-c3ccccc3)cc2)cs1. The first-order valence-corrected chi connectivity index (χ1v) is 10.9. The second-order valence-corrected chi connectivity index (χ2v) is 7.87. The van der Waals surface area contributed by atoms with Gasteiger partial charge in [-0.15, -0.1) is 11.3 Å². The zero-order valence-corrected chi connectivity index (χ0v) is 17.8. The number of anilines is 1. The monoisotopic (exact) mass is 438 g/mol. The van der Waals surface area contributed by atoms with Gasteiger partial charge in [0, 0.05) is 10.9 Å². The van der Waals surface area contributed by atoms with Crippen LogP contribution in [0.5, 0.6) is 5.88 Å². The molecular weight excluding hydrogens is 420 g/mol. The molecule has 1 amide bonds. The molecule has 0 radical (unpaired) electrons. The summed E-state index contributed by atoms with van der Waals surface area (Å²) in [7, 11) is 0. The van der Waals surface area contributed by atoms with Crippen LogP contribution < -0.4 is 10.1 Å². The van der Waals surface area contributed by atoms with E-state index >= 15 is 0 Å². The molecule has 2 heterocycles. The van der Waals surface area contributed by atoms with E-state index in [1.165, 1.54) is 23.2 Å². The van der Waals surface area contributed by atoms with Gasteiger partial charge in [-0.2, -0.15) is 0 Å². The van der Waals surface area contributed by atoms with Crippen molar-refractivity contribution < 1.29 is 9.53 Å². The van der Waals surface area contributed by atoms with Gasteiger partial charge in [0.05, 0.1) is 16.6 Å². The lowest BCUT2D eigenvalue weighted by molar-refractivity contribution is -0.118. The number of nitrogens with one attached hydrogen (secondary N) is 1. The largest absolute Gasteiger partial charge is 0.467 e. The van der Waals surface area contributed by atoms with Gasteiger partial charge >= 0.3 is 0 Å². The molecule has 0 aliphatic rings. The molecule has 0 aliphatic heterocycles. The third-order valence-corrected chi connectivity index (χ3v) is 5.64. The van der Waals surface area contributed by atoms with Crippen LogP contribution in [0.2, 0.25) is 0 Å². The zero-order valence-electron chi connectivity index (χ0n) is 16.9. The predicted octanol–water partition coefficient (Wildman–Crippen LogP) is 5.44. The number of carbonyl (C=O) groups excluding carboxylic acids is 1. The molecule has 0 saturated carbocycles. The number of thiazole rings is 1. The molecule has 1 N–H and O–H groups in total. The highest BCUT2D eigenvalue weighted by molar-refractivity contribution is 7.14. The van der Waals surface area contributed by atoms with Crippen LogP contribution in [0, 0.1) is 0 Å². The molecule has 5 rings (SSSR count). The first kappa shape index (κ1) is 19.8. The number of nitrogens with zero attached hydrogens (tertiary/aromatic N) is 3. The van der Waals surface area contributed by atoms with E-state index in [2.05, 4.69) is 44.5 Å². The van der Waals surface area contributed by atoms with E-state index in [1.54, 1.807) is 0 Å². The van der Waals surface area contributed by atoms with Crippen molar-refractivity contribution in [2.45, 2.75) is 0 Å². The predicted molar refractivity (Wildman–Crippen MR) is 127 cm³/mol. The summed E-state index contributed by atoms with van der Waals surface area (Å²) in [6, 6.07) is 25.9. The lowest BCUT2D eigenvalue weighted by Crippen LogP contribution is -2.20. The molecule has 0 aliphatic carbocycles. The smallest absolute Gasteiger partial charge is 0.264 e. The van der Waals surface area contributed by atoms with Crippen molar-refractivity contribution in [3.05, 3.63) is 90.6 Å². The van der Waals surface area contributed by atoms with Gasteiger partial charge in [0.25, 0.3) is 5.91 Å². The number of rotatable bonds is 6. The summed E-state index contributed by atoms with van der Waals surface area (Å²) in [6.45, 7) is -0.165. The van der Waals surface area contributed by atoms with Crippen LogP contribution in [0.4, 0.5) is 5.13 Å². The number of carbonyl (C=O) groups is 1. The fourth-order valence-electron chi connectivity index (χ4n) is 3.31. The van der Waals surface area contributed by atoms with Crippen molar-refractivity contribution in [2.24, 2.45) is 0 Å². The third-order valence-electron chi connectivity index (χ3n) is 4.88. The number of aromatic nitrogens is 3. The Bertz CT molecular complexity index is 1360. The molecule has 7 heteroatoms. The molecule has 0 unspecified atom stereocenters. The highest BCUT2D eigenvalue weighted by Crippen LogP contribution is 2.28. The van der Waals surface area contributed by atoms with Crippen LogP contribution in [0.1, 0.15) is 0 Å². The lowest BCUT2D eigenvalue weighted by Gasteiger charge is -2.07. The highest BCUT2D eigenvalue weighted by atomic mass is 32.1. The second kappa shape index (κ2) is 8.95. The Morgan fingerprint density at radius 3 is 2.41 bits per heavy atom. The third kappa shape index (κ3) is 4.33. The molecule has 0 bridgehead atoms. The molecule has 2 aromatic heterocycles. The van der Waals surface area contributed by atoms with Crippen LogP contribution >= 0.6 is 11.3 Å². The van der Waals surface area contributed by atoms with Crippen molar-refractivity contribution in [2.75, 3.05) is 11.9 Å². The average molecular weight is 439 g/mol. The first-order valence-electron chi connectivity index (χ1n) is 10.00. The maximum Gasteiger partial charge on any atom is 0.264 e.